The Morgan fingerprint density at radius 1 is 0.688 bits per heavy atom. The van der Waals surface area contributed by atoms with Crippen molar-refractivity contribution >= 4 is 30.5 Å². The monoisotopic (exact) mass is 1090 g/mol. The van der Waals surface area contributed by atoms with Gasteiger partial charge in [-0.2, -0.15) is 20.7 Å². The summed E-state index contributed by atoms with van der Waals surface area (Å²) >= 11 is 0. The van der Waals surface area contributed by atoms with Gasteiger partial charge in [-0.25, -0.2) is 23.6 Å². The number of nitrogen functional groups attached to an aromatic ring is 2. The molecule has 0 radical (unpaired) electrons. The predicted molar refractivity (Wildman–Crippen MR) is 281 cm³/mol. The molecule has 0 spiro atoms. The molecule has 0 saturated carbocycles. The number of benzene rings is 1. The van der Waals surface area contributed by atoms with Crippen molar-refractivity contribution in [2.24, 2.45) is 0 Å². The number of nitrogens with two attached hydrogens (primary N) is 2. The summed E-state index contributed by atoms with van der Waals surface area (Å²) in [6.45, 7) is 0.715. The normalized spacial score (nSPS) is 23.9. The zero-order valence-electron chi connectivity index (χ0n) is 44.0. The van der Waals surface area contributed by atoms with Crippen LogP contribution in [-0.2, 0) is 54.9 Å². The lowest BCUT2D eigenvalue weighted by molar-refractivity contribution is -0.0802. The first kappa shape index (κ1) is 59.3. The maximum Gasteiger partial charge on any atom is 0.475 e. The fraction of sp³-hybridized carbons (Fsp3) is 0.623. The van der Waals surface area contributed by atoms with Crippen LogP contribution in [0.2, 0.25) is 0 Å². The van der Waals surface area contributed by atoms with E-state index in [2.05, 4.69) is 27.1 Å². The number of hydrogen-bond acceptors (Lipinski definition) is 21. The summed E-state index contributed by atoms with van der Waals surface area (Å²) in [7, 11) is -3.37. The van der Waals surface area contributed by atoms with E-state index in [0.717, 1.165) is 43.9 Å². The van der Waals surface area contributed by atoms with E-state index in [1.807, 2.05) is 24.3 Å². The first-order valence-corrected chi connectivity index (χ1v) is 28.2. The molecule has 7 rings (SSSR count). The van der Waals surface area contributed by atoms with Crippen molar-refractivity contribution in [1.29, 1.82) is 10.5 Å². The van der Waals surface area contributed by atoms with E-state index >= 15 is 0 Å². The molecule has 6 heterocycles. The Morgan fingerprint density at radius 3 is 1.64 bits per heavy atom. The lowest BCUT2D eigenvalue weighted by Gasteiger charge is -2.26. The number of aliphatic hydroxyl groups excluding tert-OH is 4. The lowest BCUT2D eigenvalue weighted by atomic mass is 9.92. The topological polar surface area (TPSA) is 332 Å². The number of aromatic nitrogens is 6. The quantitative estimate of drug-likeness (QED) is 0.0193. The largest absolute Gasteiger partial charge is 0.497 e. The van der Waals surface area contributed by atoms with Crippen LogP contribution in [0.15, 0.2) is 61.2 Å². The van der Waals surface area contributed by atoms with Crippen LogP contribution in [0.3, 0.4) is 0 Å². The standard InChI is InChI=1S/C53H75N10O13P/c1-3-4-5-6-7-8-9-10-11-12-13-14-15-16-17-18-26-70-29-39(71-28-37-20-19-21-38(27-37)69-2)30-72-77(68,73-31-42-46(64)48(66)52(33-54,75-42)44-24-22-40-50(56)58-35-60-62(40)44)74-32-43-47(65)49(67)53(34-55,76-43)45-25-23-41-51(57)59-36-61-63(41)45/h19-25,27,35-36,39,42-43,46-49,64-67H,3-18,26,28-32H2,1-2H3,(H2,56,58,60)(H2,57,59,61)/t39-,42-,43-,46-,47-,48-,49-,52+,53+/m1/s1. The van der Waals surface area contributed by atoms with Crippen molar-refractivity contribution < 1.29 is 62.2 Å². The molecule has 0 bridgehead atoms. The molecule has 4 aromatic heterocycles. The number of hydrogen-bond donors (Lipinski definition) is 6. The highest BCUT2D eigenvalue weighted by Crippen LogP contribution is 2.52. The van der Waals surface area contributed by atoms with Gasteiger partial charge in [0.2, 0.25) is 11.2 Å². The Hall–Kier alpha value is -5.37. The number of anilines is 2. The van der Waals surface area contributed by atoms with E-state index in [1.54, 1.807) is 19.2 Å². The number of nitriles is 2. The molecule has 0 amide bonds. The SMILES string of the molecule is CCCCCCCCCCCCCCCCCCOC[C@H](COP(=O)(OC[C@H]1O[C@@](C#N)(c2ccc3c(N)ncnn23)[C@H](O)[C@@H]1O)OC[C@H]1O[C@@](C#N)(c2ccc3c(N)ncnn23)[C@H](O)[C@@H]1O)OCc1cccc(OC)c1. The minimum absolute atomic E-state index is 0.00402. The number of rotatable bonds is 34. The third-order valence-electron chi connectivity index (χ3n) is 14.3. The van der Waals surface area contributed by atoms with Crippen molar-refractivity contribution in [3.63, 3.8) is 0 Å². The molecule has 5 aromatic rings. The summed E-state index contributed by atoms with van der Waals surface area (Å²) in [4.78, 5) is 7.92. The Bertz CT molecular complexity index is 2640. The second kappa shape index (κ2) is 28.5. The number of ether oxygens (including phenoxy) is 5. The number of fused-ring (bicyclic) bond motifs is 2. The molecule has 2 fully saturated rings. The van der Waals surface area contributed by atoms with Crippen LogP contribution in [-0.4, -0.2) is 132 Å². The summed E-state index contributed by atoms with van der Waals surface area (Å²) in [5, 5.41) is 75.0. The average Bonchev–Trinajstić information content (AvgIpc) is 4.23. The van der Waals surface area contributed by atoms with Gasteiger partial charge in [-0.05, 0) is 48.4 Å². The van der Waals surface area contributed by atoms with Crippen LogP contribution < -0.4 is 16.2 Å². The molecule has 1 aromatic carbocycles. The molecular weight excluding hydrogens is 1020 g/mol. The number of phosphoric ester groups is 1. The van der Waals surface area contributed by atoms with Crippen LogP contribution in [0.4, 0.5) is 11.6 Å². The third-order valence-corrected chi connectivity index (χ3v) is 15.6. The molecule has 2 saturated heterocycles. The smallest absolute Gasteiger partial charge is 0.475 e. The summed E-state index contributed by atoms with van der Waals surface area (Å²) in [5.41, 5.74) is 8.99. The minimum atomic E-state index is -4.92. The van der Waals surface area contributed by atoms with E-state index < -0.39 is 81.6 Å². The summed E-state index contributed by atoms with van der Waals surface area (Å²) in [6.07, 6.45) is 10.8. The van der Waals surface area contributed by atoms with Crippen LogP contribution in [0.25, 0.3) is 11.0 Å². The van der Waals surface area contributed by atoms with Crippen molar-refractivity contribution in [3.8, 4) is 17.9 Å². The second-order valence-corrected chi connectivity index (χ2v) is 21.4. The molecule has 77 heavy (non-hydrogen) atoms. The number of unbranched alkanes of at least 4 members (excludes halogenated alkanes) is 15. The number of methoxy groups -OCH3 is 1. The van der Waals surface area contributed by atoms with E-state index in [9.17, 15) is 35.5 Å². The first-order valence-electron chi connectivity index (χ1n) is 26.8. The Morgan fingerprint density at radius 2 is 1.17 bits per heavy atom. The molecular formula is C53H75N10O13P. The molecule has 0 unspecified atom stereocenters. The zero-order valence-corrected chi connectivity index (χ0v) is 44.9. The van der Waals surface area contributed by atoms with Crippen molar-refractivity contribution in [2.75, 3.05) is 51.6 Å². The van der Waals surface area contributed by atoms with E-state index in [-0.39, 0.29) is 36.2 Å². The summed E-state index contributed by atoms with van der Waals surface area (Å²) < 4.78 is 65.1. The van der Waals surface area contributed by atoms with Gasteiger partial charge in [0.05, 0.1) is 51.5 Å². The zero-order chi connectivity index (χ0) is 54.8. The Balaban J connectivity index is 1.01. The van der Waals surface area contributed by atoms with Gasteiger partial charge in [-0.3, -0.25) is 13.6 Å². The van der Waals surface area contributed by atoms with Crippen molar-refractivity contribution in [1.82, 2.24) is 29.2 Å². The number of phosphoric acid groups is 1. The van der Waals surface area contributed by atoms with Gasteiger partial charge in [-0.1, -0.05) is 115 Å². The maximum absolute atomic E-state index is 15.0. The van der Waals surface area contributed by atoms with Crippen LogP contribution in [0, 0.1) is 22.7 Å². The molecule has 23 nitrogen and oxygen atoms in total. The molecule has 9 atom stereocenters. The fourth-order valence-corrected chi connectivity index (χ4v) is 11.0. The average molecular weight is 1090 g/mol. The van der Waals surface area contributed by atoms with Crippen LogP contribution in [0.1, 0.15) is 127 Å². The minimum Gasteiger partial charge on any atom is -0.497 e. The molecule has 8 N–H and O–H groups in total. The van der Waals surface area contributed by atoms with Gasteiger partial charge in [-0.15, -0.1) is 0 Å². The van der Waals surface area contributed by atoms with E-state index in [0.29, 0.717) is 23.4 Å². The molecule has 24 heteroatoms. The lowest BCUT2D eigenvalue weighted by Crippen LogP contribution is -2.41. The van der Waals surface area contributed by atoms with Gasteiger partial charge >= 0.3 is 7.82 Å². The highest BCUT2D eigenvalue weighted by Gasteiger charge is 2.59. The number of aliphatic hydroxyl groups is 4. The van der Waals surface area contributed by atoms with Crippen LogP contribution in [0.5, 0.6) is 5.75 Å². The fourth-order valence-electron chi connectivity index (χ4n) is 9.80. The maximum atomic E-state index is 15.0. The highest BCUT2D eigenvalue weighted by molar-refractivity contribution is 7.48. The van der Waals surface area contributed by atoms with Gasteiger partial charge in [0.1, 0.15) is 84.3 Å². The van der Waals surface area contributed by atoms with Crippen molar-refractivity contribution in [2.45, 2.75) is 170 Å². The van der Waals surface area contributed by atoms with Crippen LogP contribution >= 0.6 is 7.82 Å². The van der Waals surface area contributed by atoms with Gasteiger partial charge in [0, 0.05) is 6.61 Å². The first-order chi connectivity index (χ1) is 37.3. The Labute approximate surface area is 448 Å². The third kappa shape index (κ3) is 14.5. The molecule has 420 valence electrons. The molecule has 0 aliphatic carbocycles. The Kier molecular flexibility index (Phi) is 21.9. The van der Waals surface area contributed by atoms with E-state index in [1.165, 1.54) is 110 Å². The predicted octanol–water partition coefficient (Wildman–Crippen LogP) is 6.35. The van der Waals surface area contributed by atoms with E-state index in [4.69, 9.17) is 48.7 Å². The second-order valence-electron chi connectivity index (χ2n) is 19.7. The number of nitrogens with zero attached hydrogens (tertiary/aromatic N) is 8. The van der Waals surface area contributed by atoms with Gasteiger partial charge in [0.15, 0.2) is 11.6 Å². The van der Waals surface area contributed by atoms with Gasteiger partial charge in [0.25, 0.3) is 0 Å². The summed E-state index contributed by atoms with van der Waals surface area (Å²) in [6, 6.07) is 17.1. The molecule has 2 aliphatic rings. The molecule has 2 aliphatic heterocycles. The van der Waals surface area contributed by atoms with Gasteiger partial charge < -0.3 is 55.6 Å². The highest BCUT2D eigenvalue weighted by atomic mass is 31.2. The van der Waals surface area contributed by atoms with Crippen molar-refractivity contribution in [3.05, 3.63) is 78.1 Å². The summed E-state index contributed by atoms with van der Waals surface area (Å²) in [5.74, 6) is 0.768.